The Morgan fingerprint density at radius 1 is 1.52 bits per heavy atom. The first-order chi connectivity index (χ1) is 14.1. The molecule has 29 heavy (non-hydrogen) atoms. The number of ether oxygens (including phenoxy) is 1. The number of aromatic amines is 1. The summed E-state index contributed by atoms with van der Waals surface area (Å²) in [5.74, 6) is 1.39. The number of aromatic nitrogens is 2. The lowest BCUT2D eigenvalue weighted by Crippen LogP contribution is -2.41. The van der Waals surface area contributed by atoms with Crippen LogP contribution in [0.25, 0.3) is 0 Å². The number of carbonyl (C=O) groups excluding carboxylic acids is 1. The maximum Gasteiger partial charge on any atom is 0.290 e. The highest BCUT2D eigenvalue weighted by molar-refractivity contribution is 5.91. The molecule has 1 spiro atoms. The van der Waals surface area contributed by atoms with E-state index in [1.807, 2.05) is 0 Å². The van der Waals surface area contributed by atoms with Gasteiger partial charge in [0.1, 0.15) is 5.82 Å². The van der Waals surface area contributed by atoms with Gasteiger partial charge in [0.2, 0.25) is 0 Å². The number of nitrogens with one attached hydrogen (secondary N) is 2. The van der Waals surface area contributed by atoms with Gasteiger partial charge in [0.05, 0.1) is 24.3 Å². The Balaban J connectivity index is 0.000000645. The van der Waals surface area contributed by atoms with Gasteiger partial charge in [-0.3, -0.25) is 14.4 Å². The molecule has 0 aliphatic carbocycles. The highest BCUT2D eigenvalue weighted by Gasteiger charge is 2.63. The van der Waals surface area contributed by atoms with Crippen molar-refractivity contribution in [1.82, 2.24) is 15.3 Å². The number of anilines is 1. The number of nitrogens with zero attached hydrogens (tertiary/aromatic N) is 2. The summed E-state index contributed by atoms with van der Waals surface area (Å²) in [6, 6.07) is 4.88. The fraction of sp³-hybridized carbons (Fsp3) is 0.474. The smallest absolute Gasteiger partial charge is 0.290 e. The van der Waals surface area contributed by atoms with Gasteiger partial charge in [-0.05, 0) is 25.0 Å². The molecular weight excluding hydrogens is 380 g/mol. The van der Waals surface area contributed by atoms with E-state index >= 15 is 0 Å². The minimum atomic E-state index is -0.250. The zero-order valence-corrected chi connectivity index (χ0v) is 15.6. The molecule has 3 saturated heterocycles. The van der Waals surface area contributed by atoms with E-state index in [1.54, 1.807) is 12.1 Å². The number of furan rings is 1. The topological polar surface area (TPSA) is 138 Å². The van der Waals surface area contributed by atoms with Crippen LogP contribution in [0.4, 0.5) is 5.82 Å². The van der Waals surface area contributed by atoms with Crippen molar-refractivity contribution in [1.29, 1.82) is 0 Å². The van der Waals surface area contributed by atoms with Gasteiger partial charge in [-0.25, -0.2) is 4.98 Å². The van der Waals surface area contributed by atoms with Crippen LogP contribution < -0.4 is 15.8 Å². The molecule has 5 heterocycles. The Morgan fingerprint density at radius 3 is 3.07 bits per heavy atom. The molecule has 0 aromatic carbocycles. The normalized spacial score (nSPS) is 29.1. The van der Waals surface area contributed by atoms with Crippen LogP contribution in [0.15, 0.2) is 40.0 Å². The molecule has 3 aliphatic rings. The average molecular weight is 402 g/mol. The molecule has 3 aliphatic heterocycles. The van der Waals surface area contributed by atoms with Crippen LogP contribution >= 0.6 is 0 Å². The SMILES string of the molecule is O=C(NC[C@H]1[C@H]2CN(c3cc(=O)[nH]cn3)C[C@]23CC[C@H]1O3)c1ccco1.O=CO. The fourth-order valence-electron chi connectivity index (χ4n) is 4.87. The van der Waals surface area contributed by atoms with Crippen molar-refractivity contribution in [2.45, 2.75) is 24.5 Å². The standard InChI is InChI=1S/C18H20N4O4.CH2O2/c23-16-6-15(20-10-21-16)22-8-12-11(13-3-4-18(12,9-22)26-13)7-19-17(24)14-2-1-5-25-14;2-1-3/h1-2,5-6,10-13H,3-4,7-9H2,(H,19,24)(H,20,21,23);1H,(H,2,3)/t11-,12+,13+,18+;/m0./s1. The van der Waals surface area contributed by atoms with Crippen LogP contribution in [0.5, 0.6) is 0 Å². The van der Waals surface area contributed by atoms with E-state index in [0.29, 0.717) is 24.0 Å². The molecule has 2 aromatic heterocycles. The number of amides is 1. The van der Waals surface area contributed by atoms with E-state index in [2.05, 4.69) is 20.2 Å². The van der Waals surface area contributed by atoms with Crippen molar-refractivity contribution in [3.63, 3.8) is 0 Å². The van der Waals surface area contributed by atoms with Gasteiger partial charge in [0.15, 0.2) is 5.76 Å². The highest BCUT2D eigenvalue weighted by Crippen LogP contribution is 2.55. The lowest BCUT2D eigenvalue weighted by atomic mass is 9.73. The third-order valence-electron chi connectivity index (χ3n) is 6.01. The molecule has 10 heteroatoms. The van der Waals surface area contributed by atoms with Crippen LogP contribution in [-0.2, 0) is 9.53 Å². The second-order valence-corrected chi connectivity index (χ2v) is 7.47. The van der Waals surface area contributed by atoms with Crippen molar-refractivity contribution in [3.05, 3.63) is 46.9 Å². The molecule has 3 N–H and O–H groups in total. The summed E-state index contributed by atoms with van der Waals surface area (Å²) in [5.41, 5.74) is -0.341. The Hall–Kier alpha value is -3.14. The van der Waals surface area contributed by atoms with Crippen molar-refractivity contribution in [2.75, 3.05) is 24.5 Å². The number of rotatable bonds is 4. The molecule has 1 amide bonds. The van der Waals surface area contributed by atoms with Gasteiger partial charge < -0.3 is 29.5 Å². The minimum Gasteiger partial charge on any atom is -0.483 e. The van der Waals surface area contributed by atoms with E-state index in [1.165, 1.54) is 18.7 Å². The zero-order valence-electron chi connectivity index (χ0n) is 15.6. The number of carbonyl (C=O) groups is 2. The first-order valence-electron chi connectivity index (χ1n) is 9.43. The highest BCUT2D eigenvalue weighted by atomic mass is 16.5. The van der Waals surface area contributed by atoms with Crippen molar-refractivity contribution < 1.29 is 23.8 Å². The Morgan fingerprint density at radius 2 is 2.34 bits per heavy atom. The summed E-state index contributed by atoms with van der Waals surface area (Å²) in [6.07, 6.45) is 5.14. The lowest BCUT2D eigenvalue weighted by Gasteiger charge is -2.29. The fourth-order valence-corrected chi connectivity index (χ4v) is 4.87. The minimum absolute atomic E-state index is 0.156. The summed E-state index contributed by atoms with van der Waals surface area (Å²) in [7, 11) is 0. The molecule has 2 aromatic rings. The van der Waals surface area contributed by atoms with Crippen LogP contribution in [0.2, 0.25) is 0 Å². The number of H-pyrrole nitrogens is 1. The molecule has 154 valence electrons. The molecule has 4 atom stereocenters. The van der Waals surface area contributed by atoms with Crippen molar-refractivity contribution >= 4 is 18.2 Å². The average Bonchev–Trinajstić information content (AvgIpc) is 3.47. The first-order valence-corrected chi connectivity index (χ1v) is 9.43. The summed E-state index contributed by atoms with van der Waals surface area (Å²) >= 11 is 0. The van der Waals surface area contributed by atoms with Crippen LogP contribution in [0.3, 0.4) is 0 Å². The predicted octanol–water partition coefficient (Wildman–Crippen LogP) is 0.478. The monoisotopic (exact) mass is 402 g/mol. The molecular formula is C19H22N4O6. The summed E-state index contributed by atoms with van der Waals surface area (Å²) in [5, 5.41) is 9.87. The third kappa shape index (κ3) is 3.51. The molecule has 0 unspecified atom stereocenters. The third-order valence-corrected chi connectivity index (χ3v) is 6.01. The van der Waals surface area contributed by atoms with Gasteiger partial charge in [0.25, 0.3) is 17.9 Å². The van der Waals surface area contributed by atoms with Crippen LogP contribution in [0, 0.1) is 11.8 Å². The molecule has 5 rings (SSSR count). The maximum atomic E-state index is 12.2. The predicted molar refractivity (Wildman–Crippen MR) is 101 cm³/mol. The van der Waals surface area contributed by atoms with Gasteiger partial charge >= 0.3 is 0 Å². The van der Waals surface area contributed by atoms with Gasteiger partial charge in [0, 0.05) is 37.5 Å². The van der Waals surface area contributed by atoms with Gasteiger partial charge in [-0.1, -0.05) is 0 Å². The first kappa shape index (κ1) is 19.2. The van der Waals surface area contributed by atoms with Gasteiger partial charge in [-0.15, -0.1) is 0 Å². The maximum absolute atomic E-state index is 12.2. The van der Waals surface area contributed by atoms with Crippen molar-refractivity contribution in [2.24, 2.45) is 11.8 Å². The molecule has 10 nitrogen and oxygen atoms in total. The van der Waals surface area contributed by atoms with Crippen LogP contribution in [-0.4, -0.2) is 58.8 Å². The Labute approximate surface area is 165 Å². The summed E-state index contributed by atoms with van der Waals surface area (Å²) in [6.45, 7) is 1.84. The number of hydrogen-bond acceptors (Lipinski definition) is 7. The van der Waals surface area contributed by atoms with E-state index in [9.17, 15) is 9.59 Å². The number of fused-ring (bicyclic) bond motifs is 1. The van der Waals surface area contributed by atoms with Crippen LogP contribution in [0.1, 0.15) is 23.4 Å². The zero-order chi connectivity index (χ0) is 20.4. The van der Waals surface area contributed by atoms with E-state index in [-0.39, 0.29) is 35.6 Å². The largest absolute Gasteiger partial charge is 0.483 e. The number of carboxylic acid groups (broad SMARTS) is 1. The Kier molecular flexibility index (Phi) is 5.10. The van der Waals surface area contributed by atoms with E-state index in [0.717, 1.165) is 25.9 Å². The van der Waals surface area contributed by atoms with Gasteiger partial charge in [-0.2, -0.15) is 0 Å². The van der Waals surface area contributed by atoms with E-state index in [4.69, 9.17) is 19.1 Å². The molecule has 2 bridgehead atoms. The second-order valence-electron chi connectivity index (χ2n) is 7.47. The Bertz CT molecular complexity index is 929. The summed E-state index contributed by atoms with van der Waals surface area (Å²) < 4.78 is 11.5. The van der Waals surface area contributed by atoms with Crippen molar-refractivity contribution in [3.8, 4) is 0 Å². The molecule has 3 fully saturated rings. The second kappa shape index (κ2) is 7.70. The summed E-state index contributed by atoms with van der Waals surface area (Å²) in [4.78, 5) is 41.1. The molecule has 0 radical (unpaired) electrons. The number of hydrogen-bond donors (Lipinski definition) is 3. The van der Waals surface area contributed by atoms with E-state index < -0.39 is 0 Å². The quantitative estimate of drug-likeness (QED) is 0.628. The molecule has 0 saturated carbocycles. The lowest BCUT2D eigenvalue weighted by molar-refractivity contribution is -0.122.